The summed E-state index contributed by atoms with van der Waals surface area (Å²) in [6.45, 7) is 0. The molecule has 0 atom stereocenters. The predicted octanol–water partition coefficient (Wildman–Crippen LogP) is 2.61. The Morgan fingerprint density at radius 1 is 1.09 bits per heavy atom. The maximum atomic E-state index is 12.6. The summed E-state index contributed by atoms with van der Waals surface area (Å²) in [5.74, 6) is -0.855. The van der Waals surface area contributed by atoms with Gasteiger partial charge in [0.1, 0.15) is 17.9 Å². The maximum absolute atomic E-state index is 12.6. The first-order valence-corrected chi connectivity index (χ1v) is 5.68. The molecule has 0 amide bonds. The van der Waals surface area contributed by atoms with E-state index in [0.29, 0.717) is 0 Å². The first-order chi connectivity index (χ1) is 10.3. The van der Waals surface area contributed by atoms with Crippen LogP contribution in [0.25, 0.3) is 0 Å². The molecule has 2 aromatic rings. The maximum Gasteiger partial charge on any atom is 0.416 e. The average Bonchev–Trinajstić information content (AvgIpc) is 2.47. The van der Waals surface area contributed by atoms with Crippen molar-refractivity contribution < 1.29 is 17.9 Å². The Bertz CT molecular complexity index is 805. The van der Waals surface area contributed by atoms with Gasteiger partial charge >= 0.3 is 6.18 Å². The molecule has 0 fully saturated rings. The number of hydrogen-bond donors (Lipinski definition) is 1. The molecule has 0 aliphatic carbocycles. The van der Waals surface area contributed by atoms with E-state index in [1.165, 1.54) is 6.07 Å². The van der Waals surface area contributed by atoms with Crippen molar-refractivity contribution in [3.63, 3.8) is 0 Å². The minimum Gasteiger partial charge on any atom is -0.436 e. The highest BCUT2D eigenvalue weighted by molar-refractivity contribution is 5.49. The van der Waals surface area contributed by atoms with E-state index >= 15 is 0 Å². The van der Waals surface area contributed by atoms with Crippen molar-refractivity contribution in [1.29, 1.82) is 10.5 Å². The number of alkyl halides is 3. The van der Waals surface area contributed by atoms with Crippen LogP contribution in [0.4, 0.5) is 19.0 Å². The topological polar surface area (TPSA) is 109 Å². The summed E-state index contributed by atoms with van der Waals surface area (Å²) < 4.78 is 43.0. The fraction of sp³-hybridized carbons (Fsp3) is 0.0769. The van der Waals surface area contributed by atoms with Crippen LogP contribution >= 0.6 is 0 Å². The van der Waals surface area contributed by atoms with Crippen molar-refractivity contribution in [1.82, 2.24) is 9.97 Å². The molecule has 0 aliphatic rings. The van der Waals surface area contributed by atoms with Crippen molar-refractivity contribution in [3.05, 3.63) is 41.2 Å². The van der Waals surface area contributed by atoms with Crippen molar-refractivity contribution >= 4 is 5.82 Å². The van der Waals surface area contributed by atoms with Crippen LogP contribution < -0.4 is 10.5 Å². The van der Waals surface area contributed by atoms with Gasteiger partial charge < -0.3 is 10.5 Å². The Morgan fingerprint density at radius 3 is 2.36 bits per heavy atom. The molecule has 1 aromatic carbocycles. The molecule has 0 aliphatic heterocycles. The molecule has 6 nitrogen and oxygen atoms in total. The van der Waals surface area contributed by atoms with E-state index < -0.39 is 11.7 Å². The number of nitriles is 2. The molecule has 2 rings (SSSR count). The standard InChI is InChI=1S/C13H6F3N5O/c14-13(15,16)7-2-1-3-8(4-7)22-12-10(6-18)20-9(5-17)11(19)21-12/h1-4H,(H2,19,21). The van der Waals surface area contributed by atoms with E-state index in [0.717, 1.165) is 18.2 Å². The Kier molecular flexibility index (Phi) is 3.82. The predicted molar refractivity (Wildman–Crippen MR) is 67.4 cm³/mol. The van der Waals surface area contributed by atoms with E-state index in [4.69, 9.17) is 21.0 Å². The third-order valence-electron chi connectivity index (χ3n) is 2.48. The van der Waals surface area contributed by atoms with Crippen LogP contribution in [-0.4, -0.2) is 9.97 Å². The molecule has 0 saturated carbocycles. The largest absolute Gasteiger partial charge is 0.436 e. The van der Waals surface area contributed by atoms with Crippen LogP contribution in [0.1, 0.15) is 17.0 Å². The minimum absolute atomic E-state index is 0.190. The van der Waals surface area contributed by atoms with Crippen LogP contribution in [0, 0.1) is 22.7 Å². The average molecular weight is 305 g/mol. The Hall–Kier alpha value is -3.33. The molecule has 110 valence electrons. The fourth-order valence-electron chi connectivity index (χ4n) is 1.51. The number of anilines is 1. The van der Waals surface area contributed by atoms with Crippen molar-refractivity contribution in [2.24, 2.45) is 0 Å². The molecular weight excluding hydrogens is 299 g/mol. The number of aromatic nitrogens is 2. The van der Waals surface area contributed by atoms with E-state index in [2.05, 4.69) is 9.97 Å². The van der Waals surface area contributed by atoms with Gasteiger partial charge in [-0.15, -0.1) is 0 Å². The second-order valence-electron chi connectivity index (χ2n) is 3.96. The quantitative estimate of drug-likeness (QED) is 0.913. The van der Waals surface area contributed by atoms with Crippen LogP contribution in [0.3, 0.4) is 0 Å². The van der Waals surface area contributed by atoms with Crippen LogP contribution in [0.15, 0.2) is 24.3 Å². The van der Waals surface area contributed by atoms with E-state index in [-0.39, 0.29) is 28.8 Å². The van der Waals surface area contributed by atoms with Gasteiger partial charge in [0.2, 0.25) is 5.69 Å². The van der Waals surface area contributed by atoms with Crippen molar-refractivity contribution in [2.75, 3.05) is 5.73 Å². The third kappa shape index (κ3) is 3.04. The monoisotopic (exact) mass is 305 g/mol. The molecule has 9 heteroatoms. The van der Waals surface area contributed by atoms with Gasteiger partial charge in [0.25, 0.3) is 5.88 Å². The number of rotatable bonds is 2. The van der Waals surface area contributed by atoms with Crippen molar-refractivity contribution in [3.8, 4) is 23.8 Å². The molecule has 0 unspecified atom stereocenters. The summed E-state index contributed by atoms with van der Waals surface area (Å²) >= 11 is 0. The van der Waals surface area contributed by atoms with Gasteiger partial charge in [0.05, 0.1) is 5.56 Å². The zero-order valence-electron chi connectivity index (χ0n) is 10.7. The summed E-state index contributed by atoms with van der Waals surface area (Å²) in [6, 6.07) is 7.29. The number of benzene rings is 1. The summed E-state index contributed by atoms with van der Waals surface area (Å²) in [5.41, 5.74) is 3.90. The van der Waals surface area contributed by atoms with Gasteiger partial charge in [-0.1, -0.05) is 6.07 Å². The third-order valence-corrected chi connectivity index (χ3v) is 2.48. The lowest BCUT2D eigenvalue weighted by Gasteiger charge is -2.10. The summed E-state index contributed by atoms with van der Waals surface area (Å²) in [6.07, 6.45) is -4.53. The van der Waals surface area contributed by atoms with Gasteiger partial charge in [-0.2, -0.15) is 28.7 Å². The lowest BCUT2D eigenvalue weighted by molar-refractivity contribution is -0.137. The molecule has 1 aromatic heterocycles. The second-order valence-corrected chi connectivity index (χ2v) is 3.96. The first-order valence-electron chi connectivity index (χ1n) is 5.68. The molecular formula is C13H6F3N5O. The summed E-state index contributed by atoms with van der Waals surface area (Å²) in [5, 5.41) is 17.7. The van der Waals surface area contributed by atoms with Crippen LogP contribution in [-0.2, 0) is 6.18 Å². The number of halogens is 3. The van der Waals surface area contributed by atoms with E-state index in [9.17, 15) is 13.2 Å². The van der Waals surface area contributed by atoms with E-state index in [1.807, 2.05) is 0 Å². The summed E-state index contributed by atoms with van der Waals surface area (Å²) in [4.78, 5) is 7.29. The molecule has 1 heterocycles. The van der Waals surface area contributed by atoms with Gasteiger partial charge in [-0.25, -0.2) is 4.98 Å². The Labute approximate surface area is 122 Å². The number of ether oxygens (including phenoxy) is 1. The number of hydrogen-bond acceptors (Lipinski definition) is 6. The minimum atomic E-state index is -4.53. The van der Waals surface area contributed by atoms with Gasteiger partial charge in [-0.05, 0) is 18.2 Å². The number of nitrogens with zero attached hydrogens (tertiary/aromatic N) is 4. The normalized spacial score (nSPS) is 10.6. The zero-order chi connectivity index (χ0) is 16.3. The Morgan fingerprint density at radius 2 is 1.77 bits per heavy atom. The zero-order valence-corrected chi connectivity index (χ0v) is 10.7. The molecule has 0 spiro atoms. The van der Waals surface area contributed by atoms with Gasteiger partial charge in [-0.3, -0.25) is 0 Å². The highest BCUT2D eigenvalue weighted by Gasteiger charge is 2.30. The smallest absolute Gasteiger partial charge is 0.416 e. The van der Waals surface area contributed by atoms with E-state index in [1.54, 1.807) is 12.1 Å². The van der Waals surface area contributed by atoms with Crippen molar-refractivity contribution in [2.45, 2.75) is 6.18 Å². The molecule has 0 radical (unpaired) electrons. The molecule has 0 saturated heterocycles. The highest BCUT2D eigenvalue weighted by Crippen LogP contribution is 2.33. The van der Waals surface area contributed by atoms with Gasteiger partial charge in [0, 0.05) is 0 Å². The Balaban J connectivity index is 2.42. The molecule has 2 N–H and O–H groups in total. The lowest BCUT2D eigenvalue weighted by atomic mass is 10.2. The number of nitrogens with two attached hydrogens (primary N) is 1. The summed E-state index contributed by atoms with van der Waals surface area (Å²) in [7, 11) is 0. The molecule has 22 heavy (non-hydrogen) atoms. The number of nitrogen functional groups attached to an aromatic ring is 1. The molecule has 0 bridgehead atoms. The van der Waals surface area contributed by atoms with Gasteiger partial charge in [0.15, 0.2) is 11.5 Å². The highest BCUT2D eigenvalue weighted by atomic mass is 19.4. The second kappa shape index (κ2) is 5.58. The lowest BCUT2D eigenvalue weighted by Crippen LogP contribution is -2.06. The SMILES string of the molecule is N#Cc1nc(C#N)c(Oc2cccc(C(F)(F)F)c2)nc1N. The van der Waals surface area contributed by atoms with Crippen LogP contribution in [0.5, 0.6) is 11.6 Å². The first kappa shape index (κ1) is 15.1. The van der Waals surface area contributed by atoms with Crippen LogP contribution in [0.2, 0.25) is 0 Å². The fourth-order valence-corrected chi connectivity index (χ4v) is 1.51.